The van der Waals surface area contributed by atoms with Crippen molar-refractivity contribution in [2.75, 3.05) is 32.1 Å². The fourth-order valence-corrected chi connectivity index (χ4v) is 4.52. The quantitative estimate of drug-likeness (QED) is 0.502. The summed E-state index contributed by atoms with van der Waals surface area (Å²) in [5, 5.41) is 11.6. The van der Waals surface area contributed by atoms with E-state index in [0.29, 0.717) is 17.7 Å². The second kappa shape index (κ2) is 11.4. The number of carboxylic acids is 1. The highest BCUT2D eigenvalue weighted by Gasteiger charge is 2.47. The Morgan fingerprint density at radius 2 is 1.78 bits per heavy atom. The van der Waals surface area contributed by atoms with E-state index >= 15 is 0 Å². The molecular weight excluding hydrogens is 464 g/mol. The zero-order valence-electron chi connectivity index (χ0n) is 21.2. The zero-order valence-corrected chi connectivity index (χ0v) is 21.2. The number of aliphatic carboxylic acids is 1. The van der Waals surface area contributed by atoms with Crippen molar-refractivity contribution in [3.63, 3.8) is 0 Å². The Balaban J connectivity index is 1.71. The predicted octanol–water partition coefficient (Wildman–Crippen LogP) is 1.66. The van der Waals surface area contributed by atoms with Crippen molar-refractivity contribution in [2.45, 2.75) is 51.6 Å². The highest BCUT2D eigenvalue weighted by atomic mass is 16.4. The van der Waals surface area contributed by atoms with Crippen LogP contribution in [0.15, 0.2) is 36.0 Å². The highest BCUT2D eigenvalue weighted by Crippen LogP contribution is 2.31. The summed E-state index contributed by atoms with van der Waals surface area (Å²) >= 11 is 0. The van der Waals surface area contributed by atoms with E-state index in [2.05, 4.69) is 5.32 Å². The normalized spacial score (nSPS) is 17.6. The number of rotatable bonds is 10. The van der Waals surface area contributed by atoms with Gasteiger partial charge in [-0.15, -0.1) is 0 Å². The van der Waals surface area contributed by atoms with Crippen LogP contribution in [0, 0.1) is 5.92 Å². The second-order valence-electron chi connectivity index (χ2n) is 9.81. The highest BCUT2D eigenvalue weighted by molar-refractivity contribution is 6.03. The number of Topliss-reactive ketones (excluding diaryl/α,β-unsaturated/α-hetero) is 1. The van der Waals surface area contributed by atoms with Crippen molar-refractivity contribution in [3.8, 4) is 0 Å². The summed E-state index contributed by atoms with van der Waals surface area (Å²) in [5.74, 6) is -2.22. The van der Waals surface area contributed by atoms with Gasteiger partial charge in [-0.2, -0.15) is 0 Å². The summed E-state index contributed by atoms with van der Waals surface area (Å²) in [5.41, 5.74) is 1.83. The predicted molar refractivity (Wildman–Crippen MR) is 133 cm³/mol. The van der Waals surface area contributed by atoms with Crippen molar-refractivity contribution in [1.82, 2.24) is 15.1 Å². The van der Waals surface area contributed by atoms with Crippen LogP contribution in [-0.2, 0) is 19.2 Å². The number of likely N-dealkylation sites (tertiary alicyclic amines) is 1. The van der Waals surface area contributed by atoms with E-state index in [1.54, 1.807) is 18.2 Å². The van der Waals surface area contributed by atoms with Crippen LogP contribution in [0.25, 0.3) is 0 Å². The number of carbonyl (C=O) groups is 5. The third-order valence-corrected chi connectivity index (χ3v) is 6.34. The van der Waals surface area contributed by atoms with Crippen LogP contribution in [0.2, 0.25) is 0 Å². The number of hydrogen-bond acceptors (Lipinski definition) is 6. The first-order valence-corrected chi connectivity index (χ1v) is 12.1. The molecule has 2 aliphatic rings. The van der Waals surface area contributed by atoms with Gasteiger partial charge in [0.1, 0.15) is 12.1 Å². The molecule has 0 spiro atoms. The average molecular weight is 499 g/mol. The van der Waals surface area contributed by atoms with E-state index in [0.717, 1.165) is 5.69 Å². The molecule has 2 aliphatic heterocycles. The molecular formula is C26H34N4O6. The Morgan fingerprint density at radius 1 is 1.11 bits per heavy atom. The Labute approximate surface area is 210 Å². The lowest BCUT2D eigenvalue weighted by Crippen LogP contribution is -2.52. The standard InChI is InChI=1S/C26H34N4O6/c1-16(2)14-19(27-25(35)17-8-10-18(11-9-17)28(3)4)26(36)29-13-12-20-24(29)21(31)15-30(20)22(32)6-5-7-23(33)34/h8-12,16,19,24H,5-7,13-15H2,1-4H3,(H,27,35)(H,33,34)/t19-,24?/m0/s1. The Morgan fingerprint density at radius 3 is 2.36 bits per heavy atom. The number of carbonyl (C=O) groups excluding carboxylic acids is 4. The fraction of sp³-hybridized carbons (Fsp3) is 0.500. The van der Waals surface area contributed by atoms with Gasteiger partial charge in [0.25, 0.3) is 5.91 Å². The number of fused-ring (bicyclic) bond motifs is 1. The summed E-state index contributed by atoms with van der Waals surface area (Å²) in [4.78, 5) is 67.4. The number of ketones is 1. The summed E-state index contributed by atoms with van der Waals surface area (Å²) in [6, 6.07) is 5.35. The summed E-state index contributed by atoms with van der Waals surface area (Å²) in [6.45, 7) is 3.91. The van der Waals surface area contributed by atoms with E-state index in [-0.39, 0.29) is 61.8 Å². The Kier molecular flexibility index (Phi) is 8.49. The van der Waals surface area contributed by atoms with Crippen molar-refractivity contribution in [2.24, 2.45) is 5.92 Å². The number of nitrogens with one attached hydrogen (secondary N) is 1. The number of amides is 3. The van der Waals surface area contributed by atoms with Crippen LogP contribution in [0.3, 0.4) is 0 Å². The molecule has 2 atom stereocenters. The first-order chi connectivity index (χ1) is 17.0. The number of carboxylic acid groups (broad SMARTS) is 1. The van der Waals surface area contributed by atoms with Crippen LogP contribution in [0.4, 0.5) is 5.69 Å². The van der Waals surface area contributed by atoms with Crippen LogP contribution in [0.1, 0.15) is 49.9 Å². The van der Waals surface area contributed by atoms with Gasteiger partial charge in [-0.3, -0.25) is 24.0 Å². The molecule has 10 heteroatoms. The lowest BCUT2D eigenvalue weighted by Gasteiger charge is -2.29. The van der Waals surface area contributed by atoms with E-state index < -0.39 is 18.1 Å². The van der Waals surface area contributed by atoms with Crippen molar-refractivity contribution < 1.29 is 29.1 Å². The molecule has 2 heterocycles. The molecule has 0 aromatic heterocycles. The fourth-order valence-electron chi connectivity index (χ4n) is 4.52. The molecule has 1 unspecified atom stereocenters. The molecule has 0 aliphatic carbocycles. The molecule has 2 N–H and O–H groups in total. The molecule has 3 rings (SSSR count). The van der Waals surface area contributed by atoms with Crippen molar-refractivity contribution >= 4 is 35.2 Å². The van der Waals surface area contributed by atoms with Gasteiger partial charge < -0.3 is 25.1 Å². The topological polar surface area (TPSA) is 127 Å². The van der Waals surface area contributed by atoms with Crippen molar-refractivity contribution in [3.05, 3.63) is 41.6 Å². The first-order valence-electron chi connectivity index (χ1n) is 12.1. The molecule has 10 nitrogen and oxygen atoms in total. The van der Waals surface area contributed by atoms with Crippen LogP contribution >= 0.6 is 0 Å². The first kappa shape index (κ1) is 26.9. The molecule has 36 heavy (non-hydrogen) atoms. The van der Waals surface area contributed by atoms with E-state index in [9.17, 15) is 24.0 Å². The lowest BCUT2D eigenvalue weighted by molar-refractivity contribution is -0.138. The van der Waals surface area contributed by atoms with Gasteiger partial charge in [-0.1, -0.05) is 13.8 Å². The molecule has 194 valence electrons. The molecule has 0 saturated carbocycles. The van der Waals surface area contributed by atoms with E-state index in [1.165, 1.54) is 9.80 Å². The average Bonchev–Trinajstić information content (AvgIpc) is 3.39. The molecule has 1 fully saturated rings. The molecule has 0 radical (unpaired) electrons. The minimum Gasteiger partial charge on any atom is -0.481 e. The van der Waals surface area contributed by atoms with Gasteiger partial charge in [-0.25, -0.2) is 0 Å². The minimum absolute atomic E-state index is 0.0101. The molecule has 3 amide bonds. The second-order valence-corrected chi connectivity index (χ2v) is 9.81. The SMILES string of the molecule is CC(C)C[C@H](NC(=O)c1ccc(N(C)C)cc1)C(=O)N1CC=C2C1C(=O)CN2C(=O)CCCC(=O)O. The summed E-state index contributed by atoms with van der Waals surface area (Å²) in [6.07, 6.45) is 2.14. The molecule has 1 saturated heterocycles. The zero-order chi connectivity index (χ0) is 26.6. The minimum atomic E-state index is -0.984. The van der Waals surface area contributed by atoms with Crippen LogP contribution < -0.4 is 10.2 Å². The molecule has 1 aromatic rings. The lowest BCUT2D eigenvalue weighted by atomic mass is 10.0. The van der Waals surface area contributed by atoms with E-state index in [4.69, 9.17) is 5.11 Å². The number of nitrogens with zero attached hydrogens (tertiary/aromatic N) is 3. The van der Waals surface area contributed by atoms with Gasteiger partial charge in [-0.05, 0) is 49.1 Å². The third-order valence-electron chi connectivity index (χ3n) is 6.34. The van der Waals surface area contributed by atoms with Crippen LogP contribution in [-0.4, -0.2) is 83.6 Å². The molecule has 0 bridgehead atoms. The maximum atomic E-state index is 13.6. The van der Waals surface area contributed by atoms with Gasteiger partial charge >= 0.3 is 5.97 Å². The Bertz CT molecular complexity index is 1060. The maximum Gasteiger partial charge on any atom is 0.303 e. The van der Waals surface area contributed by atoms with Crippen LogP contribution in [0.5, 0.6) is 0 Å². The maximum absolute atomic E-state index is 13.6. The van der Waals surface area contributed by atoms with Gasteiger partial charge in [0.2, 0.25) is 11.8 Å². The smallest absolute Gasteiger partial charge is 0.303 e. The van der Waals surface area contributed by atoms with E-state index in [1.807, 2.05) is 45.0 Å². The summed E-state index contributed by atoms with van der Waals surface area (Å²) in [7, 11) is 3.81. The molecule has 1 aromatic carbocycles. The third kappa shape index (κ3) is 6.10. The summed E-state index contributed by atoms with van der Waals surface area (Å²) < 4.78 is 0. The number of anilines is 1. The largest absolute Gasteiger partial charge is 0.481 e. The van der Waals surface area contributed by atoms with Gasteiger partial charge in [0.05, 0.1) is 6.54 Å². The number of benzene rings is 1. The number of hydrogen-bond donors (Lipinski definition) is 2. The van der Waals surface area contributed by atoms with Gasteiger partial charge in [0, 0.05) is 50.4 Å². The Hall–Kier alpha value is -3.69. The monoisotopic (exact) mass is 498 g/mol. The van der Waals surface area contributed by atoms with Gasteiger partial charge in [0.15, 0.2) is 5.78 Å². The van der Waals surface area contributed by atoms with Crippen molar-refractivity contribution in [1.29, 1.82) is 0 Å².